The van der Waals surface area contributed by atoms with Gasteiger partial charge in [0.05, 0.1) is 48.8 Å². The predicted molar refractivity (Wildman–Crippen MR) is 347 cm³/mol. The third-order valence-corrected chi connectivity index (χ3v) is 18.8. The van der Waals surface area contributed by atoms with Crippen molar-refractivity contribution >= 4 is 89.8 Å². The highest BCUT2D eigenvalue weighted by Gasteiger charge is 2.55. The van der Waals surface area contributed by atoms with Crippen molar-refractivity contribution in [2.24, 2.45) is 21.7 Å². The summed E-state index contributed by atoms with van der Waals surface area (Å²) in [5.41, 5.74) is -5.99. The highest BCUT2D eigenvalue weighted by Crippen LogP contribution is 2.51. The Morgan fingerprint density at radius 3 is 1.80 bits per heavy atom. The summed E-state index contributed by atoms with van der Waals surface area (Å²) in [6.45, 7) is 22.1. The lowest BCUT2D eigenvalue weighted by Crippen LogP contribution is -2.61. The number of aliphatic hydroxyl groups excluding tert-OH is 1. The van der Waals surface area contributed by atoms with Crippen LogP contribution in [-0.4, -0.2) is 204 Å². The highest BCUT2D eigenvalue weighted by atomic mass is 33.1. The van der Waals surface area contributed by atoms with Crippen molar-refractivity contribution in [2.75, 3.05) is 79.2 Å². The molecule has 28 heteroatoms. The molecule has 1 saturated heterocycles. The number of esters is 7. The molecule has 2 heterocycles. The maximum absolute atomic E-state index is 15.1. The van der Waals surface area contributed by atoms with E-state index >= 15 is 4.79 Å². The Morgan fingerprint density at radius 2 is 1.23 bits per heavy atom. The lowest BCUT2D eigenvalue weighted by molar-refractivity contribution is -0.305. The molecule has 0 spiro atoms. The van der Waals surface area contributed by atoms with Crippen molar-refractivity contribution in [2.45, 2.75) is 220 Å². The normalized spacial score (nSPS) is 20.8. The molecule has 3 N–H and O–H groups in total. The Bertz CT molecular complexity index is 2490. The van der Waals surface area contributed by atoms with E-state index in [4.69, 9.17) is 47.4 Å². The zero-order chi connectivity index (χ0) is 68.8. The Hall–Kier alpha value is -4.99. The lowest BCUT2D eigenvalue weighted by Gasteiger charge is -2.44. The van der Waals surface area contributed by atoms with E-state index in [1.54, 1.807) is 67.7 Å². The Morgan fingerprint density at radius 1 is 0.670 bits per heavy atom. The van der Waals surface area contributed by atoms with Crippen LogP contribution in [0.15, 0.2) is 29.4 Å². The predicted octanol–water partition coefficient (Wildman–Crippen LogP) is 7.37. The average molecular weight is 1330 g/mol. The molecular weight excluding hydrogens is 1220 g/mol. The van der Waals surface area contributed by atoms with Gasteiger partial charge in [-0.15, -0.1) is 0 Å². The second-order valence-electron chi connectivity index (χ2n) is 25.8. The molecule has 7 unspecified atom stereocenters. The van der Waals surface area contributed by atoms with Gasteiger partial charge in [0.15, 0.2) is 24.6 Å². The van der Waals surface area contributed by atoms with E-state index in [9.17, 15) is 48.6 Å². The number of pyridine rings is 1. The van der Waals surface area contributed by atoms with Gasteiger partial charge in [0.25, 0.3) is 0 Å². The van der Waals surface area contributed by atoms with Crippen LogP contribution < -0.4 is 5.32 Å². The van der Waals surface area contributed by atoms with Gasteiger partial charge in [-0.25, -0.2) is 4.98 Å². The first kappa shape index (κ1) is 82.1. The van der Waals surface area contributed by atoms with Gasteiger partial charge in [-0.1, -0.05) is 90.8 Å². The maximum atomic E-state index is 15.1. The Kier molecular flexibility index (Phi) is 35.8. The second-order valence-corrected chi connectivity index (χ2v) is 28.2. The van der Waals surface area contributed by atoms with Gasteiger partial charge in [-0.2, -0.15) is 0 Å². The summed E-state index contributed by atoms with van der Waals surface area (Å²) < 4.78 is 57.9. The number of carbonyl (C=O) groups excluding carboxylic acids is 8. The summed E-state index contributed by atoms with van der Waals surface area (Å²) in [5.74, 6) is -6.00. The van der Waals surface area contributed by atoms with E-state index in [0.717, 1.165) is 25.3 Å². The van der Waals surface area contributed by atoms with E-state index in [1.165, 1.54) is 35.4 Å². The molecule has 12 atom stereocenters. The smallest absolute Gasteiger partial charge is 0.311 e. The van der Waals surface area contributed by atoms with Crippen molar-refractivity contribution in [3.8, 4) is 0 Å². The van der Waals surface area contributed by atoms with Crippen LogP contribution >= 0.6 is 21.6 Å². The van der Waals surface area contributed by atoms with Crippen LogP contribution in [0.2, 0.25) is 23.3 Å². The van der Waals surface area contributed by atoms with Crippen LogP contribution in [0.1, 0.15) is 155 Å². The number of aliphatic carboxylic acids is 1. The van der Waals surface area contributed by atoms with Crippen LogP contribution in [0.5, 0.6) is 0 Å². The maximum Gasteiger partial charge on any atom is 0.311 e. The second kappa shape index (κ2) is 39.7. The number of nitrogens with zero attached hydrogens (tertiary/aromatic N) is 2. The number of rotatable bonds is 45. The third kappa shape index (κ3) is 27.5. The van der Waals surface area contributed by atoms with E-state index in [2.05, 4.69) is 10.3 Å². The third-order valence-electron chi connectivity index (χ3n) is 16.5. The summed E-state index contributed by atoms with van der Waals surface area (Å²) in [6.07, 6.45) is -3.07. The van der Waals surface area contributed by atoms with Gasteiger partial charge >= 0.3 is 47.8 Å². The molecule has 0 aromatic carbocycles. The van der Waals surface area contributed by atoms with Gasteiger partial charge in [0, 0.05) is 61.9 Å². The van der Waals surface area contributed by atoms with Gasteiger partial charge in [-0.3, -0.25) is 43.2 Å². The number of carbonyl (C=O) groups is 9. The molecule has 1 amide bonds. The average Bonchev–Trinajstić information content (AvgIpc) is 0.818. The highest BCUT2D eigenvalue weighted by molar-refractivity contribution is 8.76. The summed E-state index contributed by atoms with van der Waals surface area (Å²) in [6, 6.07) is 5.51. The van der Waals surface area contributed by atoms with Crippen molar-refractivity contribution in [3.05, 3.63) is 24.4 Å². The first-order chi connectivity index (χ1) is 42.6. The first-order valence-corrected chi connectivity index (χ1v) is 34.0. The molecule has 1 fully saturated rings. The number of ether oxygens (including phenoxy) is 10. The largest absolute Gasteiger partial charge is 0.481 e. The number of carboxylic acid groups (broad SMARTS) is 1. The molecule has 2 rings (SSSR count). The molecule has 91 heavy (non-hydrogen) atoms. The number of hydrogen-bond donors (Lipinski definition) is 3. The number of unbranched alkanes of at least 4 members (excludes halogenated alkanes) is 1. The fraction of sp³-hybridized carbons (Fsp3) is 0.778. The topological polar surface area (TPSA) is 315 Å². The van der Waals surface area contributed by atoms with Crippen LogP contribution in [0, 0.1) is 21.7 Å². The first-order valence-electron chi connectivity index (χ1n) is 31.7. The fourth-order valence-corrected chi connectivity index (χ4v) is 12.9. The number of nitrogens with one attached hydrogen (secondary N) is 1. The summed E-state index contributed by atoms with van der Waals surface area (Å²) >= 11 is 0. The Balaban J connectivity index is 2.57. The molecule has 0 bridgehead atoms. The lowest BCUT2D eigenvalue weighted by atomic mass is 9.40. The van der Waals surface area contributed by atoms with Crippen molar-refractivity contribution in [1.82, 2.24) is 15.2 Å². The van der Waals surface area contributed by atoms with E-state index in [0.29, 0.717) is 31.6 Å². The van der Waals surface area contributed by atoms with Gasteiger partial charge < -0.3 is 67.8 Å². The van der Waals surface area contributed by atoms with Crippen molar-refractivity contribution < 1.29 is 101 Å². The molecule has 1 aliphatic rings. The minimum Gasteiger partial charge on any atom is -0.481 e. The standard InChI is InChI=1S/C63H105B2N3O21S2/c1-17-21-28-82-54(76)59(10,37-58(9,25-18-2)53(74)75)38-61(12,55(77)83-29-27-68(15)16)41-65-63(14,57(79)85-34-35-90-91-47-24-22-23-26-66-47)39-60(11,52(73)67-36-42(5)69)40-64-62(13,20-4)56(78)84-33-31-80-30-32-81-51-50(88-45(8)72)49(87-44(7)71)48(86-43(6)70)46(19-3)89-51/h22-24,26,42,46,48-51,64-65,69H,17-21,25,27-41H2,1-16H3,(H,67,73)(H,74,75)/t42?,46-,48+,49+,50-,51-,58?,59?,60?,61?,62?,63?/m1/s1. The summed E-state index contributed by atoms with van der Waals surface area (Å²) in [7, 11) is 6.43. The van der Waals surface area contributed by atoms with Gasteiger partial charge in [0.2, 0.25) is 5.91 Å². The molecule has 1 aromatic rings. The molecule has 1 aromatic heterocycles. The van der Waals surface area contributed by atoms with Crippen LogP contribution in [0.3, 0.4) is 0 Å². The molecule has 24 nitrogen and oxygen atoms in total. The van der Waals surface area contributed by atoms with Crippen LogP contribution in [0.4, 0.5) is 0 Å². The fourth-order valence-electron chi connectivity index (χ4n) is 11.2. The Labute approximate surface area is 548 Å². The zero-order valence-electron chi connectivity index (χ0n) is 56.9. The van der Waals surface area contributed by atoms with Gasteiger partial charge in [-0.05, 0) is 110 Å². The van der Waals surface area contributed by atoms with Gasteiger partial charge in [0.1, 0.15) is 45.5 Å². The molecule has 1 aliphatic heterocycles. The van der Waals surface area contributed by atoms with Crippen molar-refractivity contribution in [3.63, 3.8) is 0 Å². The number of hydrogen-bond acceptors (Lipinski definition) is 24. The quantitative estimate of drug-likeness (QED) is 0.0189. The van der Waals surface area contributed by atoms with Crippen molar-refractivity contribution in [1.29, 1.82) is 0 Å². The SMILES string of the molecule is CCCCOC(=O)C(C)(CC(C)(CCC)C(=O)O)CC(C)(CBC(C)(CC(C)(CBC(C)(CC)C(=O)OCCOCCO[C@@H]1O[C@H](CC)[C@H](OC(C)=O)[C@H](OC(C)=O)[C@H]1OC(C)=O)C(=O)NCC(C)O)C(=O)OCCSSc1ccccn1)C(=O)OCCN(C)C. The molecular formula is C63H105B2N3O21S2. The number of carboxylic acids is 1. The minimum atomic E-state index is -1.57. The molecule has 0 saturated carbocycles. The summed E-state index contributed by atoms with van der Waals surface area (Å²) in [5, 5.41) is 21.9. The van der Waals surface area contributed by atoms with E-state index in [-0.39, 0.29) is 112 Å². The molecule has 516 valence electrons. The number of aliphatic hydroxyl groups is 1. The zero-order valence-corrected chi connectivity index (χ0v) is 58.5. The monoisotopic (exact) mass is 1330 g/mol. The number of likely N-dealkylation sites (N-methyl/N-ethyl adjacent to an activating group) is 1. The van der Waals surface area contributed by atoms with E-state index in [1.807, 2.05) is 45.0 Å². The minimum absolute atomic E-state index is 0.0124. The molecule has 0 radical (unpaired) electrons. The van der Waals surface area contributed by atoms with Crippen LogP contribution in [-0.2, 0) is 90.5 Å². The summed E-state index contributed by atoms with van der Waals surface area (Å²) in [4.78, 5) is 129. The molecule has 0 aliphatic carbocycles. The van der Waals surface area contributed by atoms with E-state index < -0.39 is 123 Å². The number of amides is 1. The van der Waals surface area contributed by atoms with Crippen LogP contribution in [0.25, 0.3) is 0 Å². The number of aromatic nitrogens is 1.